The lowest BCUT2D eigenvalue weighted by atomic mass is 10.2. The van der Waals surface area contributed by atoms with Crippen molar-refractivity contribution in [2.75, 3.05) is 27.2 Å². The highest BCUT2D eigenvalue weighted by Crippen LogP contribution is 2.10. The van der Waals surface area contributed by atoms with Gasteiger partial charge in [0.2, 0.25) is 0 Å². The molecular formula is C15H24IN3O. The van der Waals surface area contributed by atoms with Crippen LogP contribution in [0, 0.1) is 0 Å². The molecule has 5 heteroatoms. The van der Waals surface area contributed by atoms with Crippen molar-refractivity contribution in [3.8, 4) is 0 Å². The number of nitrogens with zero attached hydrogens (tertiary/aromatic N) is 2. The molecule has 1 N–H and O–H groups in total. The first-order valence-electron chi connectivity index (χ1n) is 6.87. The number of aliphatic imine (C=N–C) groups is 1. The topological polar surface area (TPSA) is 36.9 Å². The van der Waals surface area contributed by atoms with E-state index in [0.29, 0.717) is 12.6 Å². The summed E-state index contributed by atoms with van der Waals surface area (Å²) in [7, 11) is 4.01. The second-order valence-electron chi connectivity index (χ2n) is 5.04. The number of ether oxygens (including phenoxy) is 1. The molecule has 4 nitrogen and oxygen atoms in total. The standard InChI is InChI=1S/C15H23N3O.HI/c1-18(2)15(17-12-14-9-6-10-19-14)16-11-13-7-4-3-5-8-13;/h3-5,7-8,14H,6,9-12H2,1-2H3,(H,16,17);1H. The van der Waals surface area contributed by atoms with Crippen LogP contribution in [0.3, 0.4) is 0 Å². The smallest absolute Gasteiger partial charge is 0.193 e. The van der Waals surface area contributed by atoms with Crippen LogP contribution in [0.2, 0.25) is 0 Å². The molecule has 0 aromatic heterocycles. The third-order valence-corrected chi connectivity index (χ3v) is 3.19. The average molecular weight is 389 g/mol. The van der Waals surface area contributed by atoms with Gasteiger partial charge in [-0.05, 0) is 18.4 Å². The highest BCUT2D eigenvalue weighted by atomic mass is 127. The van der Waals surface area contributed by atoms with E-state index in [1.807, 2.05) is 37.2 Å². The van der Waals surface area contributed by atoms with Crippen molar-refractivity contribution in [3.63, 3.8) is 0 Å². The molecule has 1 atom stereocenters. The fourth-order valence-electron chi connectivity index (χ4n) is 2.12. The summed E-state index contributed by atoms with van der Waals surface area (Å²) in [5.41, 5.74) is 1.22. The summed E-state index contributed by atoms with van der Waals surface area (Å²) in [6, 6.07) is 10.3. The summed E-state index contributed by atoms with van der Waals surface area (Å²) < 4.78 is 5.61. The van der Waals surface area contributed by atoms with Gasteiger partial charge < -0.3 is 15.0 Å². The molecule has 0 saturated carbocycles. The van der Waals surface area contributed by atoms with E-state index in [1.165, 1.54) is 12.0 Å². The Kier molecular flexibility index (Phi) is 7.91. The molecule has 1 aromatic carbocycles. The Morgan fingerprint density at radius 2 is 2.10 bits per heavy atom. The molecular weight excluding hydrogens is 365 g/mol. The number of nitrogens with one attached hydrogen (secondary N) is 1. The fourth-order valence-corrected chi connectivity index (χ4v) is 2.12. The largest absolute Gasteiger partial charge is 0.376 e. The number of hydrogen-bond donors (Lipinski definition) is 1. The molecule has 1 aliphatic rings. The minimum absolute atomic E-state index is 0. The van der Waals surface area contributed by atoms with Crippen molar-refractivity contribution in [1.29, 1.82) is 0 Å². The second kappa shape index (κ2) is 9.18. The third kappa shape index (κ3) is 5.66. The summed E-state index contributed by atoms with van der Waals surface area (Å²) in [4.78, 5) is 6.64. The summed E-state index contributed by atoms with van der Waals surface area (Å²) in [5, 5.41) is 3.38. The Morgan fingerprint density at radius 1 is 1.35 bits per heavy atom. The summed E-state index contributed by atoms with van der Waals surface area (Å²) in [6.07, 6.45) is 2.65. The van der Waals surface area contributed by atoms with Gasteiger partial charge in [-0.1, -0.05) is 30.3 Å². The van der Waals surface area contributed by atoms with Crippen LogP contribution in [0.15, 0.2) is 35.3 Å². The van der Waals surface area contributed by atoms with Gasteiger partial charge in [0.05, 0.1) is 12.6 Å². The lowest BCUT2D eigenvalue weighted by Crippen LogP contribution is -2.40. The molecule has 0 aliphatic carbocycles. The lowest BCUT2D eigenvalue weighted by molar-refractivity contribution is 0.113. The molecule has 2 rings (SSSR count). The van der Waals surface area contributed by atoms with Gasteiger partial charge in [0.15, 0.2) is 5.96 Å². The van der Waals surface area contributed by atoms with Gasteiger partial charge in [-0.2, -0.15) is 0 Å². The summed E-state index contributed by atoms with van der Waals surface area (Å²) >= 11 is 0. The van der Waals surface area contributed by atoms with Crippen LogP contribution < -0.4 is 5.32 Å². The molecule has 0 bridgehead atoms. The van der Waals surface area contributed by atoms with E-state index in [-0.39, 0.29) is 24.0 Å². The van der Waals surface area contributed by atoms with E-state index in [4.69, 9.17) is 4.74 Å². The van der Waals surface area contributed by atoms with Gasteiger partial charge in [-0.15, -0.1) is 24.0 Å². The second-order valence-corrected chi connectivity index (χ2v) is 5.04. The van der Waals surface area contributed by atoms with Crippen molar-refractivity contribution in [3.05, 3.63) is 35.9 Å². The first kappa shape index (κ1) is 17.2. The van der Waals surface area contributed by atoms with Crippen LogP contribution in [0.4, 0.5) is 0 Å². The average Bonchev–Trinajstić information content (AvgIpc) is 2.92. The fraction of sp³-hybridized carbons (Fsp3) is 0.533. The summed E-state index contributed by atoms with van der Waals surface area (Å²) in [6.45, 7) is 2.43. The molecule has 20 heavy (non-hydrogen) atoms. The molecule has 0 radical (unpaired) electrons. The molecule has 1 fully saturated rings. The third-order valence-electron chi connectivity index (χ3n) is 3.19. The van der Waals surface area contributed by atoms with Crippen molar-refractivity contribution in [1.82, 2.24) is 10.2 Å². The van der Waals surface area contributed by atoms with Gasteiger partial charge in [0.1, 0.15) is 0 Å². The molecule has 1 aliphatic heterocycles. The zero-order valence-corrected chi connectivity index (χ0v) is 14.5. The minimum atomic E-state index is 0. The molecule has 1 saturated heterocycles. The van der Waals surface area contributed by atoms with Crippen LogP contribution in [-0.2, 0) is 11.3 Å². The lowest BCUT2D eigenvalue weighted by Gasteiger charge is -2.19. The van der Waals surface area contributed by atoms with Crippen LogP contribution in [0.1, 0.15) is 18.4 Å². The zero-order chi connectivity index (χ0) is 13.5. The highest BCUT2D eigenvalue weighted by Gasteiger charge is 2.15. The SMILES string of the molecule is CN(C)C(=NCc1ccccc1)NCC1CCCO1.I. The van der Waals surface area contributed by atoms with Crippen molar-refractivity contribution in [2.45, 2.75) is 25.5 Å². The Bertz CT molecular complexity index is 403. The van der Waals surface area contributed by atoms with Crippen LogP contribution in [0.25, 0.3) is 0 Å². The summed E-state index contributed by atoms with van der Waals surface area (Å²) in [5.74, 6) is 0.916. The van der Waals surface area contributed by atoms with Crippen LogP contribution >= 0.6 is 24.0 Å². The minimum Gasteiger partial charge on any atom is -0.376 e. The molecule has 1 unspecified atom stereocenters. The first-order valence-corrected chi connectivity index (χ1v) is 6.87. The van der Waals surface area contributed by atoms with E-state index in [9.17, 15) is 0 Å². The molecule has 1 heterocycles. The Balaban J connectivity index is 0.00000200. The van der Waals surface area contributed by atoms with E-state index >= 15 is 0 Å². The predicted octanol–water partition coefficient (Wildman–Crippen LogP) is 2.49. The van der Waals surface area contributed by atoms with Gasteiger partial charge in [-0.3, -0.25) is 0 Å². The maximum atomic E-state index is 5.61. The molecule has 0 spiro atoms. The van der Waals surface area contributed by atoms with E-state index < -0.39 is 0 Å². The molecule has 0 amide bonds. The van der Waals surface area contributed by atoms with Crippen LogP contribution in [0.5, 0.6) is 0 Å². The highest BCUT2D eigenvalue weighted by molar-refractivity contribution is 14.0. The zero-order valence-electron chi connectivity index (χ0n) is 12.2. The van der Waals surface area contributed by atoms with Crippen LogP contribution in [-0.4, -0.2) is 44.2 Å². The number of guanidine groups is 1. The monoisotopic (exact) mass is 389 g/mol. The molecule has 112 valence electrons. The van der Waals surface area contributed by atoms with Gasteiger partial charge >= 0.3 is 0 Å². The number of benzene rings is 1. The van der Waals surface area contributed by atoms with Gasteiger partial charge in [-0.25, -0.2) is 4.99 Å². The maximum Gasteiger partial charge on any atom is 0.193 e. The van der Waals surface area contributed by atoms with E-state index in [1.54, 1.807) is 0 Å². The number of hydrogen-bond acceptors (Lipinski definition) is 2. The normalized spacial score (nSPS) is 18.5. The van der Waals surface area contributed by atoms with Crippen molar-refractivity contribution in [2.24, 2.45) is 4.99 Å². The van der Waals surface area contributed by atoms with E-state index in [0.717, 1.165) is 25.5 Å². The van der Waals surface area contributed by atoms with Crippen molar-refractivity contribution >= 4 is 29.9 Å². The predicted molar refractivity (Wildman–Crippen MR) is 93.7 cm³/mol. The van der Waals surface area contributed by atoms with Gasteiger partial charge in [0, 0.05) is 27.2 Å². The number of halogens is 1. The Labute approximate surface area is 138 Å². The number of rotatable bonds is 4. The quantitative estimate of drug-likeness (QED) is 0.489. The van der Waals surface area contributed by atoms with Crippen molar-refractivity contribution < 1.29 is 4.74 Å². The Morgan fingerprint density at radius 3 is 2.70 bits per heavy atom. The Hall–Kier alpha value is -0.820. The van der Waals surface area contributed by atoms with E-state index in [2.05, 4.69) is 22.4 Å². The van der Waals surface area contributed by atoms with Gasteiger partial charge in [0.25, 0.3) is 0 Å². The first-order chi connectivity index (χ1) is 9.25. The molecule has 1 aromatic rings. The maximum absolute atomic E-state index is 5.61.